The Balaban J connectivity index is 0.000000216. The molecule has 0 aliphatic carbocycles. The van der Waals surface area contributed by atoms with Crippen molar-refractivity contribution < 1.29 is 51.0 Å². The summed E-state index contributed by atoms with van der Waals surface area (Å²) in [6.07, 6.45) is 4.78. The molecule has 2 heterocycles. The Labute approximate surface area is 343 Å². The topological polar surface area (TPSA) is 0 Å². The largest absolute Gasteiger partial charge is 4.00 e. The van der Waals surface area contributed by atoms with Crippen LogP contribution in [0.25, 0.3) is 64.7 Å². The van der Waals surface area contributed by atoms with E-state index in [-0.39, 0.29) is 51.0 Å². The van der Waals surface area contributed by atoms with Gasteiger partial charge in [0, 0.05) is 0 Å². The molecule has 0 saturated heterocycles. The number of hydrogen-bond donors (Lipinski definition) is 0. The fourth-order valence-corrected chi connectivity index (χ4v) is 8.74. The third-order valence-corrected chi connectivity index (χ3v) is 11.5. The molecule has 0 saturated carbocycles. The van der Waals surface area contributed by atoms with Crippen molar-refractivity contribution in [3.63, 3.8) is 0 Å². The first-order chi connectivity index (χ1) is 23.5. The van der Waals surface area contributed by atoms with Gasteiger partial charge in [0.15, 0.2) is 0 Å². The summed E-state index contributed by atoms with van der Waals surface area (Å²) in [6.45, 7) is 8.75. The first kappa shape index (κ1) is 40.7. The number of benzene rings is 4. The van der Waals surface area contributed by atoms with Crippen molar-refractivity contribution in [2.24, 2.45) is 0 Å². The van der Waals surface area contributed by atoms with Gasteiger partial charge >= 0.3 is 26.2 Å². The molecule has 0 radical (unpaired) electrons. The molecule has 0 atom stereocenters. The number of rotatable bonds is 8. The molecular formula is C46H42Cl2S2Zr. The van der Waals surface area contributed by atoms with Gasteiger partial charge in [0.05, 0.1) is 0 Å². The molecule has 0 aliphatic heterocycles. The van der Waals surface area contributed by atoms with Gasteiger partial charge in [0.1, 0.15) is 0 Å². The molecule has 0 nitrogen and oxygen atoms in total. The molecule has 2 aromatic heterocycles. The molecule has 51 heavy (non-hydrogen) atoms. The van der Waals surface area contributed by atoms with Crippen molar-refractivity contribution in [3.8, 4) is 43.1 Å². The Kier molecular flexibility index (Phi) is 14.9. The van der Waals surface area contributed by atoms with Crippen LogP contribution in [0.5, 0.6) is 0 Å². The normalized spacial score (nSPS) is 10.6. The van der Waals surface area contributed by atoms with E-state index in [1.165, 1.54) is 111 Å². The fourth-order valence-electron chi connectivity index (χ4n) is 6.55. The van der Waals surface area contributed by atoms with Gasteiger partial charge in [-0.15, -0.1) is 69.1 Å². The van der Waals surface area contributed by atoms with Crippen LogP contribution in [0.3, 0.4) is 0 Å². The van der Waals surface area contributed by atoms with Crippen molar-refractivity contribution in [1.82, 2.24) is 0 Å². The Bertz CT molecular complexity index is 2120. The summed E-state index contributed by atoms with van der Waals surface area (Å²) in [5.74, 6) is 0. The molecule has 0 aliphatic rings. The average molecular weight is 821 g/mol. The SMILES string of the molecule is CCCc1ccc(-c2cc3c(-c4ccc(C)cc4)cccc3[cH-]2)s1.CCCc1ccc(-c2cc3c(-c4ccc(C)cc4)cccc3[cH-]2)s1.[Cl-].[Cl-].[Zr+4]. The molecule has 0 bridgehead atoms. The average Bonchev–Trinajstić information content (AvgIpc) is 3.92. The van der Waals surface area contributed by atoms with E-state index >= 15 is 0 Å². The van der Waals surface area contributed by atoms with Crippen molar-refractivity contribution in [2.75, 3.05) is 0 Å². The Hall–Kier alpha value is -3.04. The first-order valence-corrected chi connectivity index (χ1v) is 18.8. The number of fused-ring (bicyclic) bond motifs is 2. The zero-order valence-corrected chi connectivity index (χ0v) is 35.2. The van der Waals surface area contributed by atoms with E-state index in [0.717, 1.165) is 0 Å². The van der Waals surface area contributed by atoms with Crippen molar-refractivity contribution >= 4 is 44.2 Å². The van der Waals surface area contributed by atoms with E-state index in [2.05, 4.69) is 161 Å². The van der Waals surface area contributed by atoms with Crippen LogP contribution in [0.4, 0.5) is 0 Å². The van der Waals surface area contributed by atoms with Gasteiger partial charge in [-0.3, -0.25) is 0 Å². The number of hydrogen-bond acceptors (Lipinski definition) is 2. The Morgan fingerprint density at radius 1 is 0.490 bits per heavy atom. The van der Waals surface area contributed by atoms with Crippen molar-refractivity contribution in [1.29, 1.82) is 0 Å². The van der Waals surface area contributed by atoms with E-state index in [1.807, 2.05) is 22.7 Å². The predicted octanol–water partition coefficient (Wildman–Crippen LogP) is 8.44. The zero-order chi connectivity index (χ0) is 33.0. The van der Waals surface area contributed by atoms with Gasteiger partial charge in [0.25, 0.3) is 0 Å². The van der Waals surface area contributed by atoms with Gasteiger partial charge in [-0.05, 0) is 57.3 Å². The predicted molar refractivity (Wildman–Crippen MR) is 214 cm³/mol. The van der Waals surface area contributed by atoms with E-state index in [4.69, 9.17) is 0 Å². The minimum atomic E-state index is 0. The number of halogens is 2. The Morgan fingerprint density at radius 3 is 1.25 bits per heavy atom. The number of aryl methyl sites for hydroxylation is 4. The van der Waals surface area contributed by atoms with Gasteiger partial charge in [-0.2, -0.15) is 22.7 Å². The monoisotopic (exact) mass is 818 g/mol. The van der Waals surface area contributed by atoms with Crippen LogP contribution >= 0.6 is 22.7 Å². The van der Waals surface area contributed by atoms with E-state index in [0.29, 0.717) is 0 Å². The third-order valence-electron chi connectivity index (χ3n) is 9.11. The van der Waals surface area contributed by atoms with Crippen LogP contribution in [0.2, 0.25) is 0 Å². The van der Waals surface area contributed by atoms with Crippen LogP contribution in [0, 0.1) is 13.8 Å². The quantitative estimate of drug-likeness (QED) is 0.135. The third kappa shape index (κ3) is 9.31. The molecule has 0 unspecified atom stereocenters. The van der Waals surface area contributed by atoms with Gasteiger partial charge < -0.3 is 24.8 Å². The molecule has 0 amide bonds. The molecule has 8 rings (SSSR count). The molecule has 6 aromatic carbocycles. The fraction of sp³-hybridized carbons (Fsp3) is 0.174. The van der Waals surface area contributed by atoms with Crippen LogP contribution < -0.4 is 24.8 Å². The van der Waals surface area contributed by atoms with E-state index < -0.39 is 0 Å². The summed E-state index contributed by atoms with van der Waals surface area (Å²) < 4.78 is 0. The first-order valence-electron chi connectivity index (χ1n) is 17.2. The van der Waals surface area contributed by atoms with E-state index in [9.17, 15) is 0 Å². The van der Waals surface area contributed by atoms with Crippen LogP contribution in [-0.2, 0) is 39.0 Å². The second-order valence-corrected chi connectivity index (χ2v) is 15.2. The van der Waals surface area contributed by atoms with Crippen molar-refractivity contribution in [2.45, 2.75) is 53.4 Å². The maximum Gasteiger partial charge on any atom is 4.00 e. The zero-order valence-electron chi connectivity index (χ0n) is 29.6. The number of thiophene rings is 2. The molecule has 0 spiro atoms. The van der Waals surface area contributed by atoms with Crippen LogP contribution in [0.15, 0.2) is 133 Å². The summed E-state index contributed by atoms with van der Waals surface area (Å²) in [7, 11) is 0. The summed E-state index contributed by atoms with van der Waals surface area (Å²) in [6, 6.07) is 49.3. The van der Waals surface area contributed by atoms with Gasteiger partial charge in [-0.25, -0.2) is 0 Å². The minimum absolute atomic E-state index is 0. The van der Waals surface area contributed by atoms with Crippen molar-refractivity contribution in [3.05, 3.63) is 154 Å². The molecule has 0 N–H and O–H groups in total. The summed E-state index contributed by atoms with van der Waals surface area (Å²) in [5, 5.41) is 5.35. The summed E-state index contributed by atoms with van der Waals surface area (Å²) in [5.41, 5.74) is 10.5. The van der Waals surface area contributed by atoms with Gasteiger partial charge in [0.2, 0.25) is 0 Å². The maximum atomic E-state index is 2.35. The van der Waals surface area contributed by atoms with Crippen LogP contribution in [-0.4, -0.2) is 0 Å². The molecule has 8 aromatic rings. The standard InChI is InChI=1S/2C23H21S.2ClH.Zr/c2*1-3-5-20-12-13-23(24-20)19-14-18-6-4-7-21(22(18)15-19)17-10-8-16(2)9-11-17;;;/h2*4,6-15H,3,5H2,1-2H3;2*1H;/q2*-1;;;+4/p-2. The molecule has 256 valence electrons. The molecule has 5 heteroatoms. The van der Waals surface area contributed by atoms with Crippen LogP contribution in [0.1, 0.15) is 47.6 Å². The maximum absolute atomic E-state index is 2.35. The summed E-state index contributed by atoms with van der Waals surface area (Å²) >= 11 is 3.86. The van der Waals surface area contributed by atoms with E-state index in [1.54, 1.807) is 0 Å². The molecular weight excluding hydrogens is 779 g/mol. The summed E-state index contributed by atoms with van der Waals surface area (Å²) in [4.78, 5) is 5.72. The Morgan fingerprint density at radius 2 is 0.882 bits per heavy atom. The second-order valence-electron chi connectivity index (χ2n) is 12.9. The molecule has 0 fully saturated rings. The minimum Gasteiger partial charge on any atom is -1.00 e. The second kappa shape index (κ2) is 18.6. The van der Waals surface area contributed by atoms with Gasteiger partial charge in [-0.1, -0.05) is 146 Å². The smallest absolute Gasteiger partial charge is 1.00 e.